The molecule has 0 spiro atoms. The molecular weight excluding hydrogens is 324 g/mol. The van der Waals surface area contributed by atoms with Crippen molar-refractivity contribution in [1.82, 2.24) is 0 Å². The van der Waals surface area contributed by atoms with Gasteiger partial charge in [-0.25, -0.2) is 0 Å². The van der Waals surface area contributed by atoms with Gasteiger partial charge in [0, 0.05) is 12.5 Å². The van der Waals surface area contributed by atoms with Gasteiger partial charge in [0.1, 0.15) is 0 Å². The van der Waals surface area contributed by atoms with Gasteiger partial charge in [-0.05, 0) is 59.1 Å². The van der Waals surface area contributed by atoms with Gasteiger partial charge in [-0.15, -0.1) is 0 Å². The quantitative estimate of drug-likeness (QED) is 0.636. The third kappa shape index (κ3) is 7.50. The summed E-state index contributed by atoms with van der Waals surface area (Å²) in [4.78, 5) is 0. The van der Waals surface area contributed by atoms with Gasteiger partial charge in [-0.3, -0.25) is 0 Å². The van der Waals surface area contributed by atoms with Crippen molar-refractivity contribution in [2.45, 2.75) is 46.5 Å². The molecule has 0 rings (SSSR count). The summed E-state index contributed by atoms with van der Waals surface area (Å²) in [5, 5.41) is 0. The Morgan fingerprint density at radius 2 is 1.87 bits per heavy atom. The maximum Gasteiger partial charge on any atom is 0.155 e. The summed E-state index contributed by atoms with van der Waals surface area (Å²) >= 11 is 6.74. The highest BCUT2D eigenvalue weighted by Crippen LogP contribution is 2.22. The second-order valence-electron chi connectivity index (χ2n) is 3.39. The second-order valence-corrected chi connectivity index (χ2v) is 6.17. The third-order valence-electron chi connectivity index (χ3n) is 2.22. The molecule has 2 nitrogen and oxygen atoms in total. The molecule has 1 unspecified atom stereocenters. The van der Waals surface area contributed by atoms with Crippen LogP contribution in [0.15, 0.2) is 9.47 Å². The molecule has 0 amide bonds. The highest BCUT2D eigenvalue weighted by atomic mass is 79.9. The van der Waals surface area contributed by atoms with Gasteiger partial charge in [-0.1, -0.05) is 13.0 Å². The first-order valence-electron chi connectivity index (χ1n) is 5.31. The minimum atomic E-state index is -0.137. The fraction of sp³-hybridized carbons (Fsp3) is 0.818. The molecule has 0 radical (unpaired) electrons. The number of rotatable bonds is 7. The summed E-state index contributed by atoms with van der Waals surface area (Å²) in [7, 11) is 0. The molecule has 0 aromatic heterocycles. The van der Waals surface area contributed by atoms with Gasteiger partial charge in [-0.2, -0.15) is 0 Å². The average Bonchev–Trinajstić information content (AvgIpc) is 2.13. The summed E-state index contributed by atoms with van der Waals surface area (Å²) in [5.41, 5.74) is 0. The lowest BCUT2D eigenvalue weighted by Gasteiger charge is -2.24. The lowest BCUT2D eigenvalue weighted by molar-refractivity contribution is -0.161. The summed E-state index contributed by atoms with van der Waals surface area (Å²) in [5.74, 6) is 0.390. The van der Waals surface area contributed by atoms with E-state index < -0.39 is 0 Å². The number of hydrogen-bond donors (Lipinski definition) is 0. The van der Waals surface area contributed by atoms with Crippen LogP contribution in [-0.2, 0) is 9.47 Å². The lowest BCUT2D eigenvalue weighted by Crippen LogP contribution is -2.25. The van der Waals surface area contributed by atoms with Gasteiger partial charge in [0.25, 0.3) is 0 Å². The molecule has 0 N–H and O–H groups in total. The molecule has 90 valence electrons. The Hall–Kier alpha value is 0.620. The summed E-state index contributed by atoms with van der Waals surface area (Å²) in [6.45, 7) is 8.80. The van der Waals surface area contributed by atoms with Crippen molar-refractivity contribution >= 4 is 31.9 Å². The van der Waals surface area contributed by atoms with Crippen molar-refractivity contribution in [3.63, 3.8) is 0 Å². The Kier molecular flexibility index (Phi) is 9.10. The summed E-state index contributed by atoms with van der Waals surface area (Å²) < 4.78 is 12.1. The van der Waals surface area contributed by atoms with E-state index in [1.807, 2.05) is 13.8 Å². The van der Waals surface area contributed by atoms with Crippen LogP contribution >= 0.6 is 31.9 Å². The molecule has 0 saturated carbocycles. The summed E-state index contributed by atoms with van der Waals surface area (Å²) in [6, 6.07) is 0. The van der Waals surface area contributed by atoms with E-state index in [0.717, 1.165) is 9.81 Å². The monoisotopic (exact) mass is 342 g/mol. The van der Waals surface area contributed by atoms with Crippen molar-refractivity contribution in [2.24, 2.45) is 5.92 Å². The molecule has 0 aromatic carbocycles. The molecule has 4 heteroatoms. The Morgan fingerprint density at radius 1 is 1.27 bits per heavy atom. The van der Waals surface area contributed by atoms with Crippen LogP contribution < -0.4 is 0 Å². The zero-order valence-corrected chi connectivity index (χ0v) is 13.0. The van der Waals surface area contributed by atoms with Gasteiger partial charge >= 0.3 is 0 Å². The zero-order valence-electron chi connectivity index (χ0n) is 9.80. The molecule has 3 atom stereocenters. The Labute approximate surface area is 110 Å². The van der Waals surface area contributed by atoms with Crippen LogP contribution in [-0.4, -0.2) is 19.0 Å². The topological polar surface area (TPSA) is 18.5 Å². The average molecular weight is 344 g/mol. The molecule has 0 heterocycles. The van der Waals surface area contributed by atoms with Gasteiger partial charge in [0.05, 0.1) is 9.50 Å². The smallest absolute Gasteiger partial charge is 0.155 e. The predicted molar refractivity (Wildman–Crippen MR) is 71.4 cm³/mol. The number of halogens is 2. The normalized spacial score (nSPS) is 16.9. The molecular formula is C11H20Br2O2. The molecule has 0 saturated heterocycles. The van der Waals surface area contributed by atoms with E-state index >= 15 is 0 Å². The van der Waals surface area contributed by atoms with Crippen LogP contribution in [0.25, 0.3) is 0 Å². The van der Waals surface area contributed by atoms with Crippen molar-refractivity contribution in [3.8, 4) is 0 Å². The van der Waals surface area contributed by atoms with Crippen LogP contribution in [0.3, 0.4) is 0 Å². The first kappa shape index (κ1) is 15.6. The maximum atomic E-state index is 5.74. The van der Waals surface area contributed by atoms with E-state index in [2.05, 4.69) is 51.8 Å². The fourth-order valence-corrected chi connectivity index (χ4v) is 2.10. The Bertz CT molecular complexity index is 191. The van der Waals surface area contributed by atoms with Crippen molar-refractivity contribution in [2.75, 3.05) is 6.61 Å². The number of hydrogen-bond acceptors (Lipinski definition) is 2. The van der Waals surface area contributed by atoms with Gasteiger partial charge in [0.15, 0.2) is 6.29 Å². The fourth-order valence-electron chi connectivity index (χ4n) is 1.42. The van der Waals surface area contributed by atoms with E-state index in [0.29, 0.717) is 12.5 Å². The van der Waals surface area contributed by atoms with Gasteiger partial charge in [0.2, 0.25) is 0 Å². The molecule has 0 aliphatic heterocycles. The van der Waals surface area contributed by atoms with E-state index in [1.54, 1.807) is 0 Å². The zero-order chi connectivity index (χ0) is 11.8. The molecule has 15 heavy (non-hydrogen) atoms. The van der Waals surface area contributed by atoms with Crippen LogP contribution in [0.5, 0.6) is 0 Å². The highest BCUT2D eigenvalue weighted by molar-refractivity contribution is 9.28. The van der Waals surface area contributed by atoms with Crippen LogP contribution in [0.4, 0.5) is 0 Å². The maximum absolute atomic E-state index is 5.74. The molecule has 0 aromatic rings. The first-order chi connectivity index (χ1) is 7.01. The minimum absolute atomic E-state index is 0.137. The van der Waals surface area contributed by atoms with Crippen LogP contribution in [0.1, 0.15) is 34.1 Å². The minimum Gasteiger partial charge on any atom is -0.353 e. The molecule has 0 aliphatic carbocycles. The Balaban J connectivity index is 4.15. The third-order valence-corrected chi connectivity index (χ3v) is 2.75. The van der Waals surface area contributed by atoms with E-state index in [1.165, 1.54) is 0 Å². The molecule has 0 fully saturated rings. The van der Waals surface area contributed by atoms with Crippen LogP contribution in [0, 0.1) is 5.92 Å². The predicted octanol–water partition coefficient (Wildman–Crippen LogP) is 4.43. The van der Waals surface area contributed by atoms with E-state index in [4.69, 9.17) is 9.47 Å². The van der Waals surface area contributed by atoms with Crippen molar-refractivity contribution < 1.29 is 9.47 Å². The highest BCUT2D eigenvalue weighted by Gasteiger charge is 2.16. The summed E-state index contributed by atoms with van der Waals surface area (Å²) in [6.07, 6.45) is 3.17. The van der Waals surface area contributed by atoms with Gasteiger partial charge < -0.3 is 9.47 Å². The standard InChI is InChI=1S/C11H20Br2O2/c1-5-10(7-11(12)13)8(3)15-9(4)14-6-2/h7-10H,5-6H2,1-4H3/t8-,9?,10+/m1/s1. The SMILES string of the molecule is CCOC(C)O[C@H](C)[C@H](C=C(Br)Br)CC. The van der Waals surface area contributed by atoms with Crippen molar-refractivity contribution in [3.05, 3.63) is 9.47 Å². The Morgan fingerprint density at radius 3 is 2.27 bits per heavy atom. The van der Waals surface area contributed by atoms with Crippen molar-refractivity contribution in [1.29, 1.82) is 0 Å². The largest absolute Gasteiger partial charge is 0.353 e. The molecule has 0 aliphatic rings. The van der Waals surface area contributed by atoms with E-state index in [-0.39, 0.29) is 12.4 Å². The molecule has 0 bridgehead atoms. The number of ether oxygens (including phenoxy) is 2. The van der Waals surface area contributed by atoms with Crippen LogP contribution in [0.2, 0.25) is 0 Å². The lowest BCUT2D eigenvalue weighted by atomic mass is 10.0. The van der Waals surface area contributed by atoms with E-state index in [9.17, 15) is 0 Å². The first-order valence-corrected chi connectivity index (χ1v) is 6.89. The second kappa shape index (κ2) is 8.74.